The molecule has 88 valence electrons. The first-order valence-electron chi connectivity index (χ1n) is 5.04. The van der Waals surface area contributed by atoms with Crippen molar-refractivity contribution in [2.75, 3.05) is 12.3 Å². The average Bonchev–Trinajstić information content (AvgIpc) is 2.29. The van der Waals surface area contributed by atoms with Gasteiger partial charge in [0.15, 0.2) is 0 Å². The van der Waals surface area contributed by atoms with Crippen molar-refractivity contribution >= 4 is 17.7 Å². The zero-order valence-corrected chi connectivity index (χ0v) is 10.0. The quantitative estimate of drug-likeness (QED) is 0.446. The normalized spacial score (nSPS) is 10.1. The van der Waals surface area contributed by atoms with Crippen LogP contribution in [0.4, 0.5) is 0 Å². The van der Waals surface area contributed by atoms with Gasteiger partial charge >= 0.3 is 5.97 Å². The van der Waals surface area contributed by atoms with Gasteiger partial charge in [-0.15, -0.1) is 11.8 Å². The van der Waals surface area contributed by atoms with Crippen LogP contribution in [0.2, 0.25) is 0 Å². The van der Waals surface area contributed by atoms with Crippen LogP contribution in [0.1, 0.15) is 12.5 Å². The highest BCUT2D eigenvalue weighted by Gasteiger charge is 1.96. The molecule has 0 aliphatic rings. The summed E-state index contributed by atoms with van der Waals surface area (Å²) in [4.78, 5) is 16.2. The zero-order valence-electron chi connectivity index (χ0n) is 9.23. The maximum atomic E-state index is 10.4. The molecule has 0 saturated heterocycles. The van der Waals surface area contributed by atoms with Crippen molar-refractivity contribution in [1.29, 1.82) is 0 Å². The number of nitrogens with one attached hydrogen (secondary N) is 1. The van der Waals surface area contributed by atoms with Crippen molar-refractivity contribution in [3.05, 3.63) is 29.8 Å². The molecule has 5 heteroatoms. The molecule has 0 amide bonds. The molecule has 0 aliphatic carbocycles. The van der Waals surface area contributed by atoms with Gasteiger partial charge in [0.25, 0.3) is 0 Å². The standard InChI is InChI=1S/C11H16N2O2S/c1-9(14)15-13-6-7-16-11-4-2-10(8-12)3-5-11/h2-5,13H,6-8,12H2,1H3. The lowest BCUT2D eigenvalue weighted by molar-refractivity contribution is -0.148. The summed E-state index contributed by atoms with van der Waals surface area (Å²) < 4.78 is 0. The smallest absolute Gasteiger partial charge is 0.321 e. The van der Waals surface area contributed by atoms with Crippen molar-refractivity contribution in [2.45, 2.75) is 18.4 Å². The van der Waals surface area contributed by atoms with Crippen LogP contribution in [-0.2, 0) is 16.2 Å². The van der Waals surface area contributed by atoms with E-state index in [2.05, 4.69) is 10.3 Å². The summed E-state index contributed by atoms with van der Waals surface area (Å²) in [6, 6.07) is 8.11. The molecule has 1 aromatic rings. The molecular weight excluding hydrogens is 224 g/mol. The third-order valence-electron chi connectivity index (χ3n) is 1.85. The van der Waals surface area contributed by atoms with Crippen LogP contribution in [0.5, 0.6) is 0 Å². The fraction of sp³-hybridized carbons (Fsp3) is 0.364. The van der Waals surface area contributed by atoms with Crippen LogP contribution in [-0.4, -0.2) is 18.3 Å². The largest absolute Gasteiger partial charge is 0.371 e. The Kier molecular flexibility index (Phi) is 5.92. The van der Waals surface area contributed by atoms with Crippen LogP contribution in [0.25, 0.3) is 0 Å². The number of hydrogen-bond acceptors (Lipinski definition) is 5. The molecule has 1 rings (SSSR count). The number of rotatable bonds is 6. The third kappa shape index (κ3) is 5.16. The Hall–Kier alpha value is -1.04. The van der Waals surface area contributed by atoms with E-state index in [1.807, 2.05) is 24.3 Å². The fourth-order valence-electron chi connectivity index (χ4n) is 1.08. The fourth-order valence-corrected chi connectivity index (χ4v) is 1.83. The van der Waals surface area contributed by atoms with Crippen molar-refractivity contribution < 1.29 is 9.63 Å². The third-order valence-corrected chi connectivity index (χ3v) is 2.86. The molecule has 3 N–H and O–H groups in total. The molecular formula is C11H16N2O2S. The first-order valence-corrected chi connectivity index (χ1v) is 6.03. The Balaban J connectivity index is 2.19. The number of nitrogens with two attached hydrogens (primary N) is 1. The lowest BCUT2D eigenvalue weighted by Crippen LogP contribution is -2.20. The summed E-state index contributed by atoms with van der Waals surface area (Å²) in [5.41, 5.74) is 9.22. The Morgan fingerprint density at radius 1 is 1.44 bits per heavy atom. The van der Waals surface area contributed by atoms with Crippen LogP contribution in [0.3, 0.4) is 0 Å². The van der Waals surface area contributed by atoms with Gasteiger partial charge in [0.05, 0.1) is 0 Å². The molecule has 0 unspecified atom stereocenters. The van der Waals surface area contributed by atoms with E-state index in [1.165, 1.54) is 11.8 Å². The molecule has 0 spiro atoms. The van der Waals surface area contributed by atoms with Gasteiger partial charge in [0, 0.05) is 30.7 Å². The SMILES string of the molecule is CC(=O)ONCCSc1ccc(CN)cc1. The summed E-state index contributed by atoms with van der Waals surface area (Å²) in [6.45, 7) is 2.56. The molecule has 4 nitrogen and oxygen atoms in total. The molecule has 16 heavy (non-hydrogen) atoms. The van der Waals surface area contributed by atoms with Crippen molar-refractivity contribution in [3.63, 3.8) is 0 Å². The first-order chi connectivity index (χ1) is 7.72. The van der Waals surface area contributed by atoms with Gasteiger partial charge in [-0.3, -0.25) is 4.79 Å². The minimum absolute atomic E-state index is 0.322. The number of carbonyl (C=O) groups excluding carboxylic acids is 1. The minimum Gasteiger partial charge on any atom is -0.371 e. The molecule has 0 atom stereocenters. The van der Waals surface area contributed by atoms with Gasteiger partial charge < -0.3 is 10.6 Å². The molecule has 0 heterocycles. The van der Waals surface area contributed by atoms with E-state index in [4.69, 9.17) is 5.73 Å². The van der Waals surface area contributed by atoms with Gasteiger partial charge in [0.1, 0.15) is 0 Å². The average molecular weight is 240 g/mol. The second-order valence-electron chi connectivity index (χ2n) is 3.18. The number of thioether (sulfide) groups is 1. The highest BCUT2D eigenvalue weighted by atomic mass is 32.2. The Morgan fingerprint density at radius 2 is 2.12 bits per heavy atom. The summed E-state index contributed by atoms with van der Waals surface area (Å²) in [5, 5.41) is 0. The number of benzene rings is 1. The summed E-state index contributed by atoms with van der Waals surface area (Å²) >= 11 is 1.70. The van der Waals surface area contributed by atoms with Crippen LogP contribution < -0.4 is 11.2 Å². The van der Waals surface area contributed by atoms with E-state index in [1.54, 1.807) is 11.8 Å². The van der Waals surface area contributed by atoms with E-state index in [0.29, 0.717) is 13.1 Å². The van der Waals surface area contributed by atoms with Crippen LogP contribution in [0.15, 0.2) is 29.2 Å². The Morgan fingerprint density at radius 3 is 2.69 bits per heavy atom. The lowest BCUT2D eigenvalue weighted by atomic mass is 10.2. The molecule has 0 radical (unpaired) electrons. The van der Waals surface area contributed by atoms with Gasteiger partial charge in [-0.05, 0) is 17.7 Å². The van der Waals surface area contributed by atoms with E-state index >= 15 is 0 Å². The van der Waals surface area contributed by atoms with Crippen LogP contribution in [0, 0.1) is 0 Å². The lowest BCUT2D eigenvalue weighted by Gasteiger charge is -2.04. The molecule has 0 saturated carbocycles. The molecule has 0 bridgehead atoms. The minimum atomic E-state index is -0.322. The Bertz CT molecular complexity index is 327. The highest BCUT2D eigenvalue weighted by Crippen LogP contribution is 2.17. The van der Waals surface area contributed by atoms with Gasteiger partial charge in [-0.2, -0.15) is 5.48 Å². The second kappa shape index (κ2) is 7.27. The number of carbonyl (C=O) groups is 1. The van der Waals surface area contributed by atoms with Gasteiger partial charge in [0.2, 0.25) is 0 Å². The number of hydrogen-bond donors (Lipinski definition) is 2. The Labute approximate surface area is 99.5 Å². The maximum absolute atomic E-state index is 10.4. The predicted molar refractivity (Wildman–Crippen MR) is 64.8 cm³/mol. The van der Waals surface area contributed by atoms with Gasteiger partial charge in [-0.1, -0.05) is 12.1 Å². The maximum Gasteiger partial charge on any atom is 0.321 e. The van der Waals surface area contributed by atoms with Crippen molar-refractivity contribution in [2.24, 2.45) is 5.73 Å². The van der Waals surface area contributed by atoms with E-state index in [9.17, 15) is 4.79 Å². The van der Waals surface area contributed by atoms with E-state index in [0.717, 1.165) is 11.3 Å². The molecule has 0 aliphatic heterocycles. The molecule has 1 aromatic carbocycles. The summed E-state index contributed by atoms with van der Waals surface area (Å²) in [5.74, 6) is 0.521. The highest BCUT2D eigenvalue weighted by molar-refractivity contribution is 7.99. The second-order valence-corrected chi connectivity index (χ2v) is 4.35. The molecule has 0 fully saturated rings. The van der Waals surface area contributed by atoms with Gasteiger partial charge in [-0.25, -0.2) is 0 Å². The topological polar surface area (TPSA) is 64.3 Å². The predicted octanol–water partition coefficient (Wildman–Crippen LogP) is 1.31. The molecule has 0 aromatic heterocycles. The first kappa shape index (κ1) is 13.0. The number of hydroxylamine groups is 1. The van der Waals surface area contributed by atoms with Crippen molar-refractivity contribution in [1.82, 2.24) is 5.48 Å². The van der Waals surface area contributed by atoms with E-state index < -0.39 is 0 Å². The monoisotopic (exact) mass is 240 g/mol. The van der Waals surface area contributed by atoms with Crippen LogP contribution >= 0.6 is 11.8 Å². The van der Waals surface area contributed by atoms with E-state index in [-0.39, 0.29) is 5.97 Å². The van der Waals surface area contributed by atoms with Crippen molar-refractivity contribution in [3.8, 4) is 0 Å². The zero-order chi connectivity index (χ0) is 11.8. The summed E-state index contributed by atoms with van der Waals surface area (Å²) in [7, 11) is 0. The summed E-state index contributed by atoms with van der Waals surface area (Å²) in [6.07, 6.45) is 0.